The van der Waals surface area contributed by atoms with Crippen LogP contribution in [0.15, 0.2) is 11.8 Å². The van der Waals surface area contributed by atoms with Gasteiger partial charge < -0.3 is 23.5 Å². The van der Waals surface area contributed by atoms with Crippen LogP contribution >= 0.6 is 8.60 Å². The smallest absolute Gasteiger partial charge is 0.432 e. The third-order valence-corrected chi connectivity index (χ3v) is 5.50. The van der Waals surface area contributed by atoms with Crippen molar-refractivity contribution in [3.63, 3.8) is 0 Å². The molecule has 2 rings (SSSR count). The summed E-state index contributed by atoms with van der Waals surface area (Å²) in [7, 11) is 0.116. The first-order valence-electron chi connectivity index (χ1n) is 10.1. The van der Waals surface area contributed by atoms with E-state index in [9.17, 15) is 9.59 Å². The van der Waals surface area contributed by atoms with Gasteiger partial charge in [-0.25, -0.2) is 9.59 Å². The number of fused-ring (bicyclic) bond motifs is 1. The lowest BCUT2D eigenvalue weighted by Crippen LogP contribution is -2.30. The van der Waals surface area contributed by atoms with Gasteiger partial charge >= 0.3 is 20.9 Å². The number of hydrogen-bond acceptors (Lipinski definition) is 10. The Bertz CT molecular complexity index is 571. The van der Waals surface area contributed by atoms with E-state index in [1.807, 2.05) is 0 Å². The SMILES string of the molecule is CC(C)OC(=O)OCOP(OCOC(=O)OC(C)C)OC1=CC2C(CC1)CCN2C. The molecule has 2 atom stereocenters. The molecule has 172 valence electrons. The normalized spacial score (nSPS) is 21.4. The Hall–Kier alpha value is -1.61. The summed E-state index contributed by atoms with van der Waals surface area (Å²) in [6, 6.07) is 0.320. The Balaban J connectivity index is 1.87. The number of carbonyl (C=O) groups is 2. The number of carbonyl (C=O) groups excluding carboxylic acids is 2. The highest BCUT2D eigenvalue weighted by Gasteiger charge is 2.34. The molecule has 0 aromatic rings. The van der Waals surface area contributed by atoms with Gasteiger partial charge in [0.25, 0.3) is 0 Å². The highest BCUT2D eigenvalue weighted by atomic mass is 31.2. The van der Waals surface area contributed by atoms with E-state index in [0.717, 1.165) is 25.1 Å². The van der Waals surface area contributed by atoms with E-state index < -0.39 is 34.5 Å². The number of rotatable bonds is 10. The van der Waals surface area contributed by atoms with E-state index in [1.165, 1.54) is 6.42 Å². The van der Waals surface area contributed by atoms with Crippen LogP contribution in [-0.4, -0.2) is 62.6 Å². The van der Waals surface area contributed by atoms with E-state index in [2.05, 4.69) is 18.0 Å². The Morgan fingerprint density at radius 2 is 1.60 bits per heavy atom. The van der Waals surface area contributed by atoms with Crippen LogP contribution < -0.4 is 0 Å². The van der Waals surface area contributed by atoms with E-state index >= 15 is 0 Å². The third-order valence-electron chi connectivity index (χ3n) is 4.49. The van der Waals surface area contributed by atoms with Crippen molar-refractivity contribution < 1.29 is 42.1 Å². The number of likely N-dealkylation sites (N-methyl/N-ethyl adjacent to an activating group) is 1. The molecule has 11 heteroatoms. The Morgan fingerprint density at radius 3 is 2.13 bits per heavy atom. The first kappa shape index (κ1) is 24.7. The molecule has 1 saturated heterocycles. The molecule has 1 heterocycles. The zero-order valence-electron chi connectivity index (χ0n) is 18.2. The Kier molecular flexibility index (Phi) is 10.1. The van der Waals surface area contributed by atoms with Crippen molar-refractivity contribution in [1.82, 2.24) is 4.90 Å². The summed E-state index contributed by atoms with van der Waals surface area (Å²) in [6.07, 6.45) is 2.68. The molecule has 2 aliphatic rings. The van der Waals surface area contributed by atoms with E-state index in [4.69, 9.17) is 32.5 Å². The summed E-state index contributed by atoms with van der Waals surface area (Å²) in [5, 5.41) is 0. The summed E-state index contributed by atoms with van der Waals surface area (Å²) < 4.78 is 36.1. The highest BCUT2D eigenvalue weighted by Crippen LogP contribution is 2.45. The van der Waals surface area contributed by atoms with Gasteiger partial charge in [-0.05, 0) is 66.1 Å². The van der Waals surface area contributed by atoms with Gasteiger partial charge in [0.05, 0.1) is 12.2 Å². The summed E-state index contributed by atoms with van der Waals surface area (Å²) >= 11 is 0. The molecular weight excluding hydrogens is 417 g/mol. The summed E-state index contributed by atoms with van der Waals surface area (Å²) in [4.78, 5) is 25.3. The summed E-state index contributed by atoms with van der Waals surface area (Å²) in [6.45, 7) is 7.03. The van der Waals surface area contributed by atoms with Crippen LogP contribution in [0, 0.1) is 5.92 Å². The molecule has 0 amide bonds. The zero-order valence-corrected chi connectivity index (χ0v) is 19.1. The number of likely N-dealkylation sites (tertiary alicyclic amines) is 1. The van der Waals surface area contributed by atoms with Crippen molar-refractivity contribution in [2.45, 2.75) is 65.2 Å². The van der Waals surface area contributed by atoms with E-state index in [-0.39, 0.29) is 12.2 Å². The summed E-state index contributed by atoms with van der Waals surface area (Å²) in [5.74, 6) is 1.37. The van der Waals surface area contributed by atoms with Gasteiger partial charge in [-0.2, -0.15) is 0 Å². The molecule has 0 aromatic heterocycles. The lowest BCUT2D eigenvalue weighted by Gasteiger charge is -2.28. The van der Waals surface area contributed by atoms with Crippen molar-refractivity contribution in [2.75, 3.05) is 27.2 Å². The second-order valence-corrected chi connectivity index (χ2v) is 8.77. The van der Waals surface area contributed by atoms with Gasteiger partial charge in [0.2, 0.25) is 13.6 Å². The molecule has 1 aliphatic carbocycles. The average molecular weight is 449 g/mol. The molecule has 10 nitrogen and oxygen atoms in total. The molecule has 0 bridgehead atoms. The molecule has 0 saturated carbocycles. The first-order chi connectivity index (χ1) is 14.2. The van der Waals surface area contributed by atoms with Crippen LogP contribution in [-0.2, 0) is 32.5 Å². The number of hydrogen-bond donors (Lipinski definition) is 0. The van der Waals surface area contributed by atoms with E-state index in [0.29, 0.717) is 12.0 Å². The van der Waals surface area contributed by atoms with Crippen LogP contribution in [0.25, 0.3) is 0 Å². The maximum absolute atomic E-state index is 11.5. The number of allylic oxidation sites excluding steroid dienone is 1. The van der Waals surface area contributed by atoms with Crippen molar-refractivity contribution in [3.8, 4) is 0 Å². The van der Waals surface area contributed by atoms with Crippen LogP contribution in [0.2, 0.25) is 0 Å². The van der Waals surface area contributed by atoms with Crippen molar-refractivity contribution >= 4 is 20.9 Å². The van der Waals surface area contributed by atoms with Crippen LogP contribution in [0.1, 0.15) is 47.0 Å². The monoisotopic (exact) mass is 449 g/mol. The lowest BCUT2D eigenvalue weighted by molar-refractivity contribution is -0.0324. The Morgan fingerprint density at radius 1 is 1.03 bits per heavy atom. The fourth-order valence-electron chi connectivity index (χ4n) is 3.18. The molecular formula is C19H32NO9P. The largest absolute Gasteiger partial charge is 0.510 e. The number of nitrogens with zero attached hydrogens (tertiary/aromatic N) is 1. The fourth-order valence-corrected chi connectivity index (χ4v) is 3.98. The summed E-state index contributed by atoms with van der Waals surface area (Å²) in [5.41, 5.74) is 0. The van der Waals surface area contributed by atoms with Crippen LogP contribution in [0.5, 0.6) is 0 Å². The van der Waals surface area contributed by atoms with E-state index in [1.54, 1.807) is 27.7 Å². The standard InChI is InChI=1S/C19H32NO9P/c1-13(2)27-18(21)23-11-25-30(26-12-24-19(22)28-14(3)4)29-16-7-6-15-8-9-20(5)17(15)10-16/h10,13-15,17H,6-9,11-12H2,1-5H3. The fraction of sp³-hybridized carbons (Fsp3) is 0.789. The predicted octanol–water partition coefficient (Wildman–Crippen LogP) is 4.30. The molecule has 0 radical (unpaired) electrons. The van der Waals surface area contributed by atoms with Crippen molar-refractivity contribution in [3.05, 3.63) is 11.8 Å². The molecule has 0 aromatic carbocycles. The van der Waals surface area contributed by atoms with Gasteiger partial charge in [-0.3, -0.25) is 13.9 Å². The Labute approximate surface area is 178 Å². The topological polar surface area (TPSA) is 102 Å². The second kappa shape index (κ2) is 12.3. The number of ether oxygens (including phenoxy) is 4. The van der Waals surface area contributed by atoms with Crippen molar-refractivity contribution in [1.29, 1.82) is 0 Å². The quantitative estimate of drug-likeness (QED) is 0.272. The highest BCUT2D eigenvalue weighted by molar-refractivity contribution is 7.41. The minimum Gasteiger partial charge on any atom is -0.432 e. The zero-order chi connectivity index (χ0) is 22.1. The van der Waals surface area contributed by atoms with Gasteiger partial charge in [-0.15, -0.1) is 0 Å². The maximum atomic E-state index is 11.5. The predicted molar refractivity (Wildman–Crippen MR) is 107 cm³/mol. The molecule has 1 fully saturated rings. The molecule has 1 aliphatic heterocycles. The van der Waals surface area contributed by atoms with Gasteiger partial charge in [-0.1, -0.05) is 0 Å². The van der Waals surface area contributed by atoms with Crippen LogP contribution in [0.4, 0.5) is 9.59 Å². The molecule has 30 heavy (non-hydrogen) atoms. The minimum atomic E-state index is -1.97. The molecule has 0 spiro atoms. The minimum absolute atomic E-state index is 0.310. The van der Waals surface area contributed by atoms with Crippen molar-refractivity contribution in [2.24, 2.45) is 5.92 Å². The average Bonchev–Trinajstić information content (AvgIpc) is 3.01. The van der Waals surface area contributed by atoms with Gasteiger partial charge in [0.15, 0.2) is 0 Å². The first-order valence-corrected chi connectivity index (χ1v) is 11.2. The molecule has 0 N–H and O–H groups in total. The third kappa shape index (κ3) is 8.63. The second-order valence-electron chi connectivity index (χ2n) is 7.62. The van der Waals surface area contributed by atoms with Gasteiger partial charge in [0, 0.05) is 12.5 Å². The lowest BCUT2D eigenvalue weighted by atomic mass is 9.89. The van der Waals surface area contributed by atoms with Crippen LogP contribution in [0.3, 0.4) is 0 Å². The molecule has 2 unspecified atom stereocenters. The van der Waals surface area contributed by atoms with Gasteiger partial charge in [0.1, 0.15) is 5.76 Å². The maximum Gasteiger partial charge on any atom is 0.510 e.